The van der Waals surface area contributed by atoms with Crippen LogP contribution in [0.3, 0.4) is 0 Å². The van der Waals surface area contributed by atoms with Crippen LogP contribution >= 0.6 is 0 Å². The van der Waals surface area contributed by atoms with Crippen molar-refractivity contribution >= 4 is 22.4 Å². The molecular formula is C12H10N2O4. The van der Waals surface area contributed by atoms with Crippen LogP contribution in [-0.4, -0.2) is 21.0 Å². The van der Waals surface area contributed by atoms with E-state index in [1.54, 1.807) is 13.0 Å². The molecule has 18 heavy (non-hydrogen) atoms. The average molecular weight is 246 g/mol. The smallest absolute Gasteiger partial charge is 0.307 e. The van der Waals surface area contributed by atoms with Gasteiger partial charge in [0.15, 0.2) is 0 Å². The lowest BCUT2D eigenvalue weighted by Gasteiger charge is -2.05. The van der Waals surface area contributed by atoms with E-state index in [4.69, 9.17) is 5.11 Å². The molecule has 0 atom stereocenters. The predicted octanol–water partition coefficient (Wildman–Crippen LogP) is 2.08. The lowest BCUT2D eigenvalue weighted by Crippen LogP contribution is -2.02. The number of carbonyl (C=O) groups is 1. The van der Waals surface area contributed by atoms with E-state index < -0.39 is 10.9 Å². The Balaban J connectivity index is 2.75. The number of aliphatic carboxylic acids is 1. The van der Waals surface area contributed by atoms with Gasteiger partial charge in [-0.25, -0.2) is 0 Å². The lowest BCUT2D eigenvalue weighted by atomic mass is 10.0. The van der Waals surface area contributed by atoms with Crippen molar-refractivity contribution < 1.29 is 14.8 Å². The zero-order valence-electron chi connectivity index (χ0n) is 9.58. The number of aromatic nitrogens is 1. The van der Waals surface area contributed by atoms with Gasteiger partial charge in [0.05, 0.1) is 16.7 Å². The molecule has 0 unspecified atom stereocenters. The van der Waals surface area contributed by atoms with Gasteiger partial charge in [0, 0.05) is 18.0 Å². The van der Waals surface area contributed by atoms with E-state index in [9.17, 15) is 14.9 Å². The van der Waals surface area contributed by atoms with Gasteiger partial charge in [-0.05, 0) is 23.9 Å². The summed E-state index contributed by atoms with van der Waals surface area (Å²) in [4.78, 5) is 25.2. The number of hydrogen-bond donors (Lipinski definition) is 1. The first-order valence-electron chi connectivity index (χ1n) is 5.23. The highest BCUT2D eigenvalue weighted by Gasteiger charge is 2.16. The second-order valence-corrected chi connectivity index (χ2v) is 3.94. The molecule has 6 heteroatoms. The van der Waals surface area contributed by atoms with Gasteiger partial charge >= 0.3 is 5.97 Å². The van der Waals surface area contributed by atoms with Gasteiger partial charge in [0.25, 0.3) is 5.69 Å². The third-order valence-electron chi connectivity index (χ3n) is 2.64. The van der Waals surface area contributed by atoms with Crippen LogP contribution in [0, 0.1) is 17.0 Å². The monoisotopic (exact) mass is 246 g/mol. The maximum absolute atomic E-state index is 10.9. The first-order valence-corrected chi connectivity index (χ1v) is 5.23. The summed E-state index contributed by atoms with van der Waals surface area (Å²) in [6, 6.07) is 4.46. The van der Waals surface area contributed by atoms with Crippen molar-refractivity contribution in [3.63, 3.8) is 0 Å². The van der Waals surface area contributed by atoms with Gasteiger partial charge in [-0.2, -0.15) is 0 Å². The summed E-state index contributed by atoms with van der Waals surface area (Å²) >= 11 is 0. The maximum Gasteiger partial charge on any atom is 0.307 e. The van der Waals surface area contributed by atoms with Gasteiger partial charge in [-0.1, -0.05) is 6.07 Å². The van der Waals surface area contributed by atoms with E-state index in [1.165, 1.54) is 18.3 Å². The van der Waals surface area contributed by atoms with E-state index in [2.05, 4.69) is 4.98 Å². The molecule has 1 aromatic heterocycles. The number of nitro benzene ring substituents is 1. The molecule has 0 saturated carbocycles. The molecule has 0 aliphatic rings. The second-order valence-electron chi connectivity index (χ2n) is 3.94. The number of carboxylic acids is 1. The highest BCUT2D eigenvalue weighted by atomic mass is 16.6. The first kappa shape index (κ1) is 12.0. The van der Waals surface area contributed by atoms with Crippen LogP contribution in [0.2, 0.25) is 0 Å². The molecule has 2 aromatic rings. The molecule has 92 valence electrons. The highest BCUT2D eigenvalue weighted by Crippen LogP contribution is 2.28. The molecule has 6 nitrogen and oxygen atoms in total. The largest absolute Gasteiger partial charge is 0.481 e. The Bertz CT molecular complexity index is 652. The Morgan fingerprint density at radius 1 is 1.44 bits per heavy atom. The molecule has 1 N–H and O–H groups in total. The fourth-order valence-electron chi connectivity index (χ4n) is 1.86. The van der Waals surface area contributed by atoms with Crippen molar-refractivity contribution in [2.45, 2.75) is 13.3 Å². The predicted molar refractivity (Wildman–Crippen MR) is 64.5 cm³/mol. The second kappa shape index (κ2) is 4.40. The zero-order chi connectivity index (χ0) is 13.3. The number of nitro groups is 1. The molecule has 0 amide bonds. The number of hydrogen-bond acceptors (Lipinski definition) is 4. The van der Waals surface area contributed by atoms with Crippen molar-refractivity contribution in [3.8, 4) is 0 Å². The molecule has 0 fully saturated rings. The molecule has 0 saturated heterocycles. The third kappa shape index (κ3) is 2.13. The standard InChI is InChI=1S/C12H10N2O4/c1-7-4-9-8(5-12(15)16)2-3-11(14(17)18)10(9)6-13-7/h2-4,6H,5H2,1H3,(H,15,16). The summed E-state index contributed by atoms with van der Waals surface area (Å²) in [5.74, 6) is -0.973. The Morgan fingerprint density at radius 3 is 2.78 bits per heavy atom. The van der Waals surface area contributed by atoms with Crippen LogP contribution in [0.5, 0.6) is 0 Å². The fraction of sp³-hybridized carbons (Fsp3) is 0.167. The maximum atomic E-state index is 10.9. The summed E-state index contributed by atoms with van der Waals surface area (Å²) in [7, 11) is 0. The van der Waals surface area contributed by atoms with Crippen molar-refractivity contribution in [3.05, 3.63) is 45.8 Å². The van der Waals surface area contributed by atoms with E-state index >= 15 is 0 Å². The van der Waals surface area contributed by atoms with Gasteiger partial charge in [-0.3, -0.25) is 19.9 Å². The first-order chi connectivity index (χ1) is 8.49. The molecule has 1 heterocycles. The lowest BCUT2D eigenvalue weighted by molar-refractivity contribution is -0.383. The number of benzene rings is 1. The Hall–Kier alpha value is -2.50. The van der Waals surface area contributed by atoms with Crippen LogP contribution in [0.4, 0.5) is 5.69 Å². The summed E-state index contributed by atoms with van der Waals surface area (Å²) in [5, 5.41) is 20.7. The Kier molecular flexibility index (Phi) is 2.93. The number of nitrogens with zero attached hydrogens (tertiary/aromatic N) is 2. The quantitative estimate of drug-likeness (QED) is 0.661. The van der Waals surface area contributed by atoms with Crippen molar-refractivity contribution in [1.82, 2.24) is 4.98 Å². The zero-order valence-corrected chi connectivity index (χ0v) is 9.58. The van der Waals surface area contributed by atoms with Gasteiger partial charge in [0.2, 0.25) is 0 Å². The molecule has 0 spiro atoms. The van der Waals surface area contributed by atoms with Crippen LogP contribution in [-0.2, 0) is 11.2 Å². The van der Waals surface area contributed by atoms with Crippen LogP contribution in [0.15, 0.2) is 24.4 Å². The van der Waals surface area contributed by atoms with Crippen molar-refractivity contribution in [2.75, 3.05) is 0 Å². The number of fused-ring (bicyclic) bond motifs is 1. The molecule has 1 aromatic carbocycles. The topological polar surface area (TPSA) is 93.3 Å². The fourth-order valence-corrected chi connectivity index (χ4v) is 1.86. The number of pyridine rings is 1. The molecule has 2 rings (SSSR count). The Morgan fingerprint density at radius 2 is 2.17 bits per heavy atom. The summed E-state index contributed by atoms with van der Waals surface area (Å²) < 4.78 is 0. The minimum atomic E-state index is -0.973. The summed E-state index contributed by atoms with van der Waals surface area (Å²) in [5.41, 5.74) is 1.18. The SMILES string of the molecule is Cc1cc2c(CC(=O)O)ccc([N+](=O)[O-])c2cn1. The highest BCUT2D eigenvalue weighted by molar-refractivity contribution is 5.94. The molecule has 0 aliphatic heterocycles. The summed E-state index contributed by atoms with van der Waals surface area (Å²) in [6.45, 7) is 1.75. The van der Waals surface area contributed by atoms with E-state index in [-0.39, 0.29) is 12.1 Å². The van der Waals surface area contributed by atoms with Crippen molar-refractivity contribution in [2.24, 2.45) is 0 Å². The van der Waals surface area contributed by atoms with E-state index in [1.807, 2.05) is 0 Å². The summed E-state index contributed by atoms with van der Waals surface area (Å²) in [6.07, 6.45) is 1.24. The molecular weight excluding hydrogens is 236 g/mol. The molecule has 0 aliphatic carbocycles. The third-order valence-corrected chi connectivity index (χ3v) is 2.64. The number of carboxylic acid groups (broad SMARTS) is 1. The van der Waals surface area contributed by atoms with Crippen LogP contribution in [0.1, 0.15) is 11.3 Å². The Labute approximate surface area is 102 Å². The van der Waals surface area contributed by atoms with Crippen LogP contribution in [0.25, 0.3) is 10.8 Å². The number of rotatable bonds is 3. The van der Waals surface area contributed by atoms with E-state index in [0.29, 0.717) is 22.0 Å². The van der Waals surface area contributed by atoms with Gasteiger partial charge in [-0.15, -0.1) is 0 Å². The van der Waals surface area contributed by atoms with Crippen molar-refractivity contribution in [1.29, 1.82) is 0 Å². The van der Waals surface area contributed by atoms with Gasteiger partial charge < -0.3 is 5.11 Å². The minimum absolute atomic E-state index is 0.0633. The number of non-ortho nitro benzene ring substituents is 1. The molecule has 0 radical (unpaired) electrons. The van der Waals surface area contributed by atoms with E-state index in [0.717, 1.165) is 0 Å². The normalized spacial score (nSPS) is 10.5. The number of aryl methyl sites for hydroxylation is 1. The molecule has 0 bridgehead atoms. The minimum Gasteiger partial charge on any atom is -0.481 e. The average Bonchev–Trinajstić information content (AvgIpc) is 2.28. The van der Waals surface area contributed by atoms with Crippen LogP contribution < -0.4 is 0 Å². The van der Waals surface area contributed by atoms with Gasteiger partial charge in [0.1, 0.15) is 0 Å².